The molecule has 2 rings (SSSR count). The van der Waals surface area contributed by atoms with Gasteiger partial charge in [0.1, 0.15) is 5.76 Å². The summed E-state index contributed by atoms with van der Waals surface area (Å²) in [5.74, 6) is 0.421. The first-order chi connectivity index (χ1) is 11.0. The smallest absolute Gasteiger partial charge is 0.253 e. The van der Waals surface area contributed by atoms with Crippen LogP contribution in [0.3, 0.4) is 0 Å². The van der Waals surface area contributed by atoms with E-state index in [1.165, 1.54) is 30.5 Å². The molecule has 0 bridgehead atoms. The number of nitrogens with zero attached hydrogens (tertiary/aromatic N) is 1. The van der Waals surface area contributed by atoms with Gasteiger partial charge in [-0.3, -0.25) is 4.79 Å². The van der Waals surface area contributed by atoms with E-state index >= 15 is 0 Å². The van der Waals surface area contributed by atoms with Crippen LogP contribution in [0.5, 0.6) is 0 Å². The summed E-state index contributed by atoms with van der Waals surface area (Å²) in [5.41, 5.74) is 0.471. The van der Waals surface area contributed by atoms with Crippen molar-refractivity contribution in [3.8, 4) is 0 Å². The number of sulfonamides is 1. The molecular formula is C16H20N2O4S. The quantitative estimate of drug-likeness (QED) is 0.841. The topological polar surface area (TPSA) is 79.6 Å². The molecule has 23 heavy (non-hydrogen) atoms. The van der Waals surface area contributed by atoms with Crippen LogP contribution in [-0.2, 0) is 16.6 Å². The molecule has 0 aliphatic carbocycles. The lowest BCUT2D eigenvalue weighted by Crippen LogP contribution is -2.30. The normalized spacial score (nSPS) is 11.4. The molecular weight excluding hydrogens is 316 g/mol. The highest BCUT2D eigenvalue weighted by molar-refractivity contribution is 7.89. The third-order valence-corrected chi connectivity index (χ3v) is 4.90. The first-order valence-electron chi connectivity index (χ1n) is 7.39. The van der Waals surface area contributed by atoms with Crippen LogP contribution in [0.1, 0.15) is 30.0 Å². The Kier molecular flexibility index (Phi) is 5.57. The lowest BCUT2D eigenvalue weighted by atomic mass is 10.2. The lowest BCUT2D eigenvalue weighted by Gasteiger charge is -2.18. The molecule has 6 nitrogen and oxygen atoms in total. The summed E-state index contributed by atoms with van der Waals surface area (Å²) in [5, 5.41) is 0. The largest absolute Gasteiger partial charge is 0.468 e. The minimum Gasteiger partial charge on any atom is -0.468 e. The van der Waals surface area contributed by atoms with Crippen LogP contribution >= 0.6 is 0 Å². The standard InChI is InChI=1S/C16H20N2O4S/c1-3-18(4-2)16(19)13-7-9-15(10-8-13)23(20,21)17-12-14-6-5-11-22-14/h5-11,17H,3-4,12H2,1-2H3. The molecule has 0 radical (unpaired) electrons. The van der Waals surface area contributed by atoms with Gasteiger partial charge in [-0.1, -0.05) is 0 Å². The van der Waals surface area contributed by atoms with Crippen LogP contribution < -0.4 is 4.72 Å². The molecule has 0 saturated heterocycles. The van der Waals surface area contributed by atoms with Crippen molar-refractivity contribution in [1.82, 2.24) is 9.62 Å². The van der Waals surface area contributed by atoms with Gasteiger partial charge in [-0.2, -0.15) is 0 Å². The Morgan fingerprint density at radius 1 is 1.13 bits per heavy atom. The van der Waals surface area contributed by atoms with Gasteiger partial charge in [0.25, 0.3) is 5.91 Å². The predicted octanol–water partition coefficient (Wildman–Crippen LogP) is 2.24. The van der Waals surface area contributed by atoms with Crippen LogP contribution in [-0.4, -0.2) is 32.3 Å². The van der Waals surface area contributed by atoms with Crippen molar-refractivity contribution < 1.29 is 17.6 Å². The maximum atomic E-state index is 12.2. The zero-order valence-corrected chi connectivity index (χ0v) is 14.0. The molecule has 0 atom stereocenters. The molecule has 1 heterocycles. The Hall–Kier alpha value is -2.12. The SMILES string of the molecule is CCN(CC)C(=O)c1ccc(S(=O)(=O)NCc2ccco2)cc1. The fraction of sp³-hybridized carbons (Fsp3) is 0.312. The number of hydrogen-bond acceptors (Lipinski definition) is 4. The second-order valence-corrected chi connectivity index (χ2v) is 6.67. The van der Waals surface area contributed by atoms with E-state index in [1.807, 2.05) is 13.8 Å². The Bertz CT molecular complexity index is 733. The third-order valence-electron chi connectivity index (χ3n) is 3.48. The van der Waals surface area contributed by atoms with E-state index in [2.05, 4.69) is 4.72 Å². The number of carbonyl (C=O) groups excluding carboxylic acids is 1. The number of nitrogens with one attached hydrogen (secondary N) is 1. The summed E-state index contributed by atoms with van der Waals surface area (Å²) < 4.78 is 32.0. The van der Waals surface area contributed by atoms with E-state index in [0.717, 1.165) is 0 Å². The minimum absolute atomic E-state index is 0.0788. The molecule has 2 aromatic rings. The van der Waals surface area contributed by atoms with Crippen LogP contribution in [0.15, 0.2) is 52.0 Å². The number of benzene rings is 1. The van der Waals surface area contributed by atoms with Crippen LogP contribution in [0.25, 0.3) is 0 Å². The highest BCUT2D eigenvalue weighted by Crippen LogP contribution is 2.13. The first kappa shape index (κ1) is 17.2. The fourth-order valence-corrected chi connectivity index (χ4v) is 3.13. The number of hydrogen-bond donors (Lipinski definition) is 1. The van der Waals surface area contributed by atoms with E-state index in [0.29, 0.717) is 24.4 Å². The Balaban J connectivity index is 2.10. The van der Waals surface area contributed by atoms with Gasteiger partial charge in [-0.25, -0.2) is 13.1 Å². The molecule has 1 amide bonds. The number of rotatable bonds is 7. The fourth-order valence-electron chi connectivity index (χ4n) is 2.13. The second-order valence-electron chi connectivity index (χ2n) is 4.91. The molecule has 1 aromatic carbocycles. The second kappa shape index (κ2) is 7.43. The molecule has 0 spiro atoms. The molecule has 0 aliphatic heterocycles. The van der Waals surface area contributed by atoms with Crippen LogP contribution in [0.4, 0.5) is 0 Å². The van der Waals surface area contributed by atoms with Gasteiger partial charge >= 0.3 is 0 Å². The molecule has 124 valence electrons. The summed E-state index contributed by atoms with van der Waals surface area (Å²) in [7, 11) is -3.65. The maximum Gasteiger partial charge on any atom is 0.253 e. The van der Waals surface area contributed by atoms with Gasteiger partial charge in [0.2, 0.25) is 10.0 Å². The number of amides is 1. The van der Waals surface area contributed by atoms with Crippen molar-refractivity contribution in [2.24, 2.45) is 0 Å². The Morgan fingerprint density at radius 2 is 1.78 bits per heavy atom. The van der Waals surface area contributed by atoms with Crippen molar-refractivity contribution in [2.75, 3.05) is 13.1 Å². The van der Waals surface area contributed by atoms with Gasteiger partial charge in [0.05, 0.1) is 17.7 Å². The van der Waals surface area contributed by atoms with E-state index in [-0.39, 0.29) is 17.3 Å². The number of carbonyl (C=O) groups is 1. The molecule has 1 aromatic heterocycles. The molecule has 1 N–H and O–H groups in total. The zero-order valence-electron chi connectivity index (χ0n) is 13.2. The average Bonchev–Trinajstić information content (AvgIpc) is 3.08. The van der Waals surface area contributed by atoms with Gasteiger partial charge in [-0.05, 0) is 50.2 Å². The van der Waals surface area contributed by atoms with Crippen molar-refractivity contribution in [1.29, 1.82) is 0 Å². The Morgan fingerprint density at radius 3 is 2.30 bits per heavy atom. The molecule has 0 unspecified atom stereocenters. The van der Waals surface area contributed by atoms with Crippen molar-refractivity contribution in [3.63, 3.8) is 0 Å². The zero-order chi connectivity index (χ0) is 16.9. The summed E-state index contributed by atoms with van der Waals surface area (Å²) in [6.45, 7) is 5.10. The highest BCUT2D eigenvalue weighted by atomic mass is 32.2. The molecule has 0 aliphatic rings. The lowest BCUT2D eigenvalue weighted by molar-refractivity contribution is 0.0773. The summed E-state index contributed by atoms with van der Waals surface area (Å²) in [4.78, 5) is 14.0. The minimum atomic E-state index is -3.65. The van der Waals surface area contributed by atoms with Gasteiger partial charge in [0, 0.05) is 18.7 Å². The van der Waals surface area contributed by atoms with Crippen LogP contribution in [0, 0.1) is 0 Å². The van der Waals surface area contributed by atoms with Crippen molar-refractivity contribution in [2.45, 2.75) is 25.3 Å². The first-order valence-corrected chi connectivity index (χ1v) is 8.87. The summed E-state index contributed by atoms with van der Waals surface area (Å²) in [6, 6.07) is 9.30. The average molecular weight is 336 g/mol. The van der Waals surface area contributed by atoms with Gasteiger partial charge in [-0.15, -0.1) is 0 Å². The maximum absolute atomic E-state index is 12.2. The summed E-state index contributed by atoms with van der Waals surface area (Å²) >= 11 is 0. The molecule has 0 saturated carbocycles. The van der Waals surface area contributed by atoms with E-state index in [9.17, 15) is 13.2 Å². The van der Waals surface area contributed by atoms with Crippen LogP contribution in [0.2, 0.25) is 0 Å². The number of furan rings is 1. The van der Waals surface area contributed by atoms with E-state index < -0.39 is 10.0 Å². The van der Waals surface area contributed by atoms with Crippen molar-refractivity contribution in [3.05, 3.63) is 54.0 Å². The molecule has 7 heteroatoms. The van der Waals surface area contributed by atoms with Crippen molar-refractivity contribution >= 4 is 15.9 Å². The van der Waals surface area contributed by atoms with Gasteiger partial charge in [0.15, 0.2) is 0 Å². The third kappa shape index (κ3) is 4.20. The van der Waals surface area contributed by atoms with E-state index in [4.69, 9.17) is 4.42 Å². The summed E-state index contributed by atoms with van der Waals surface area (Å²) in [6.07, 6.45) is 1.48. The highest BCUT2D eigenvalue weighted by Gasteiger charge is 2.17. The van der Waals surface area contributed by atoms with E-state index in [1.54, 1.807) is 17.0 Å². The monoisotopic (exact) mass is 336 g/mol. The van der Waals surface area contributed by atoms with Gasteiger partial charge < -0.3 is 9.32 Å². The predicted molar refractivity (Wildman–Crippen MR) is 86.4 cm³/mol. The Labute approximate surface area is 136 Å². The molecule has 0 fully saturated rings.